The summed E-state index contributed by atoms with van der Waals surface area (Å²) >= 11 is 1.49. The molecular formula is C41H42FN3O7S. The number of ether oxygens (including phenoxy) is 2. The molecule has 1 unspecified atom stereocenters. The number of carbonyl (C=O) groups is 2. The summed E-state index contributed by atoms with van der Waals surface area (Å²) in [5.41, 5.74) is 7.19. The van der Waals surface area contributed by atoms with Gasteiger partial charge in [0.25, 0.3) is 11.1 Å². The highest BCUT2D eigenvalue weighted by molar-refractivity contribution is 7.99. The number of aliphatic hydroxyl groups is 1. The molecular weight excluding hydrogens is 698 g/mol. The lowest BCUT2D eigenvalue weighted by molar-refractivity contribution is -0.245. The van der Waals surface area contributed by atoms with E-state index in [1.54, 1.807) is 12.1 Å². The molecule has 1 fully saturated rings. The number of alkyl halides is 1. The number of hydrogen-bond donors (Lipinski definition) is 4. The number of nitrogens with one attached hydrogen (secondary N) is 2. The molecule has 6 rings (SSSR count). The number of halogens is 1. The van der Waals surface area contributed by atoms with E-state index in [0.717, 1.165) is 33.5 Å². The zero-order valence-corrected chi connectivity index (χ0v) is 29.8. The van der Waals surface area contributed by atoms with Gasteiger partial charge >= 0.3 is 0 Å². The summed E-state index contributed by atoms with van der Waals surface area (Å²) in [5, 5.41) is 21.5. The van der Waals surface area contributed by atoms with Crippen LogP contribution in [0.15, 0.2) is 119 Å². The van der Waals surface area contributed by atoms with Crippen LogP contribution in [0.4, 0.5) is 10.1 Å². The number of rotatable bonds is 16. The first-order chi connectivity index (χ1) is 25.9. The fourth-order valence-electron chi connectivity index (χ4n) is 6.06. The molecule has 5 aromatic rings. The Bertz CT molecular complexity index is 1850. The minimum absolute atomic E-state index is 0.0146. The number of carbonyl (C=O) groups excluding carboxylic acids is 2. The van der Waals surface area contributed by atoms with Gasteiger partial charge in [-0.05, 0) is 42.5 Å². The van der Waals surface area contributed by atoms with Crippen LogP contribution in [0, 0.1) is 0 Å². The van der Waals surface area contributed by atoms with Crippen LogP contribution >= 0.6 is 11.8 Å². The van der Waals surface area contributed by atoms with E-state index >= 15 is 0 Å². The first-order valence-corrected chi connectivity index (χ1v) is 18.6. The summed E-state index contributed by atoms with van der Waals surface area (Å²) in [6, 6.07) is 34.9. The van der Waals surface area contributed by atoms with E-state index in [1.807, 2.05) is 97.1 Å². The molecule has 4 N–H and O–H groups in total. The zero-order chi connectivity index (χ0) is 37.0. The molecule has 276 valence electrons. The topological polar surface area (TPSA) is 143 Å². The predicted octanol–water partition coefficient (Wildman–Crippen LogP) is 8.57. The van der Waals surface area contributed by atoms with Crippen LogP contribution in [0.25, 0.3) is 22.6 Å². The van der Waals surface area contributed by atoms with Crippen LogP contribution in [0.2, 0.25) is 0 Å². The molecule has 0 bridgehead atoms. The van der Waals surface area contributed by atoms with Gasteiger partial charge < -0.3 is 24.3 Å². The standard InChI is InChI=1S/C41H42FN3O7S/c42-34(39(48)45-49)14-8-3-9-15-36(47)43-32-22-20-31(21-23-32)40-50-33(24-35(51-40)28-18-16-27(25-46)17-19-28)26-53-41-44-37(29-10-4-1-5-11-29)38(52-41)30-12-6-2-7-13-30/h1-2,4-7,10-13,16-23,33-35,40,46,49H,3,8-9,14-15,24-26H2,(H,43,47)(H,45,48)/t33-,34?,35+,40+/m1/s1. The van der Waals surface area contributed by atoms with Gasteiger partial charge in [0, 0.05) is 41.0 Å². The fourth-order valence-corrected chi connectivity index (χ4v) is 6.90. The molecule has 0 aliphatic carbocycles. The van der Waals surface area contributed by atoms with Crippen LogP contribution in [-0.4, -0.2) is 45.1 Å². The van der Waals surface area contributed by atoms with E-state index in [4.69, 9.17) is 24.1 Å². The largest absolute Gasteiger partial charge is 0.431 e. The fraction of sp³-hybridized carbons (Fsp3) is 0.293. The average Bonchev–Trinajstić information content (AvgIpc) is 3.65. The molecule has 1 aliphatic rings. The van der Waals surface area contributed by atoms with Crippen LogP contribution in [-0.2, 0) is 25.7 Å². The Morgan fingerprint density at radius 1 is 0.849 bits per heavy atom. The van der Waals surface area contributed by atoms with Crippen molar-refractivity contribution in [3.63, 3.8) is 0 Å². The van der Waals surface area contributed by atoms with Crippen molar-refractivity contribution in [1.82, 2.24) is 10.5 Å². The molecule has 2 amide bonds. The third-order valence-corrected chi connectivity index (χ3v) is 9.88. The van der Waals surface area contributed by atoms with Crippen LogP contribution in [0.1, 0.15) is 67.6 Å². The first-order valence-electron chi connectivity index (χ1n) is 17.6. The molecule has 1 saturated heterocycles. The quantitative estimate of drug-likeness (QED) is 0.0339. The number of unbranched alkanes of at least 4 members (excludes halogenated alkanes) is 2. The SMILES string of the molecule is O=C(CCCCCC(F)C(=O)NO)Nc1ccc([C@H]2O[C@@H](CSc3nc(-c4ccccc4)c(-c4ccccc4)o3)C[C@@H](c3ccc(CO)cc3)O2)cc1. The maximum absolute atomic E-state index is 13.5. The number of anilines is 1. The van der Waals surface area contributed by atoms with Crippen molar-refractivity contribution in [3.05, 3.63) is 126 Å². The lowest BCUT2D eigenvalue weighted by Crippen LogP contribution is -2.31. The second kappa shape index (κ2) is 18.8. The number of hydroxylamine groups is 1. The summed E-state index contributed by atoms with van der Waals surface area (Å²) in [5.74, 6) is 0.0359. The monoisotopic (exact) mass is 739 g/mol. The van der Waals surface area contributed by atoms with Crippen molar-refractivity contribution in [1.29, 1.82) is 0 Å². The molecule has 53 heavy (non-hydrogen) atoms. The minimum atomic E-state index is -1.77. The summed E-state index contributed by atoms with van der Waals surface area (Å²) in [6.07, 6.45) is -0.591. The van der Waals surface area contributed by atoms with Gasteiger partial charge in [-0.15, -0.1) is 0 Å². The van der Waals surface area contributed by atoms with Crippen molar-refractivity contribution in [3.8, 4) is 22.6 Å². The average molecular weight is 740 g/mol. The van der Waals surface area contributed by atoms with Gasteiger partial charge in [0.15, 0.2) is 18.2 Å². The Balaban J connectivity index is 1.11. The normalized spacial score (nSPS) is 17.6. The molecule has 0 radical (unpaired) electrons. The van der Waals surface area contributed by atoms with Crippen LogP contribution in [0.3, 0.4) is 0 Å². The number of aliphatic hydroxyl groups excluding tert-OH is 1. The Labute approximate surface area is 311 Å². The third kappa shape index (κ3) is 10.4. The Morgan fingerprint density at radius 2 is 1.53 bits per heavy atom. The molecule has 0 spiro atoms. The number of amides is 2. The van der Waals surface area contributed by atoms with Crippen LogP contribution in [0.5, 0.6) is 0 Å². The molecule has 1 aliphatic heterocycles. The number of benzene rings is 4. The summed E-state index contributed by atoms with van der Waals surface area (Å²) in [6.45, 7) is -0.0448. The van der Waals surface area contributed by atoms with E-state index in [1.165, 1.54) is 17.2 Å². The van der Waals surface area contributed by atoms with Crippen molar-refractivity contribution >= 4 is 29.3 Å². The van der Waals surface area contributed by atoms with Gasteiger partial charge in [0.1, 0.15) is 5.69 Å². The Hall–Kier alpha value is -4.85. The van der Waals surface area contributed by atoms with Gasteiger partial charge in [-0.3, -0.25) is 14.8 Å². The highest BCUT2D eigenvalue weighted by atomic mass is 32.2. The number of thioether (sulfide) groups is 1. The maximum atomic E-state index is 13.5. The second-order valence-electron chi connectivity index (χ2n) is 12.8. The molecule has 4 aromatic carbocycles. The van der Waals surface area contributed by atoms with Gasteiger partial charge in [-0.1, -0.05) is 115 Å². The van der Waals surface area contributed by atoms with E-state index < -0.39 is 18.4 Å². The molecule has 1 aromatic heterocycles. The number of nitrogens with zero attached hydrogens (tertiary/aromatic N) is 1. The molecule has 4 atom stereocenters. The highest BCUT2D eigenvalue weighted by Crippen LogP contribution is 2.41. The van der Waals surface area contributed by atoms with Gasteiger partial charge in [0.05, 0.1) is 18.8 Å². The first kappa shape index (κ1) is 37.9. The minimum Gasteiger partial charge on any atom is -0.431 e. The summed E-state index contributed by atoms with van der Waals surface area (Å²) < 4.78 is 32.9. The van der Waals surface area contributed by atoms with Gasteiger partial charge in [-0.2, -0.15) is 0 Å². The molecule has 12 heteroatoms. The summed E-state index contributed by atoms with van der Waals surface area (Å²) in [4.78, 5) is 28.5. The molecule has 0 saturated carbocycles. The Morgan fingerprint density at radius 3 is 2.21 bits per heavy atom. The number of oxazole rings is 1. The van der Waals surface area contributed by atoms with E-state index in [2.05, 4.69) is 5.32 Å². The van der Waals surface area contributed by atoms with E-state index in [9.17, 15) is 19.1 Å². The van der Waals surface area contributed by atoms with Crippen molar-refractivity contribution in [2.24, 2.45) is 0 Å². The summed E-state index contributed by atoms with van der Waals surface area (Å²) in [7, 11) is 0. The smallest absolute Gasteiger partial charge is 0.277 e. The van der Waals surface area contributed by atoms with E-state index in [0.29, 0.717) is 48.1 Å². The van der Waals surface area contributed by atoms with Crippen molar-refractivity contribution in [2.45, 2.75) is 75.0 Å². The van der Waals surface area contributed by atoms with Crippen LogP contribution < -0.4 is 10.8 Å². The lowest BCUT2D eigenvalue weighted by atomic mass is 10.0. The van der Waals surface area contributed by atoms with Gasteiger partial charge in [-0.25, -0.2) is 14.9 Å². The number of hydrogen-bond acceptors (Lipinski definition) is 9. The molecule has 10 nitrogen and oxygen atoms in total. The molecule has 2 heterocycles. The highest BCUT2D eigenvalue weighted by Gasteiger charge is 2.33. The Kier molecular flexibility index (Phi) is 13.4. The van der Waals surface area contributed by atoms with Crippen molar-refractivity contribution < 1.29 is 38.2 Å². The zero-order valence-electron chi connectivity index (χ0n) is 29.0. The predicted molar refractivity (Wildman–Crippen MR) is 200 cm³/mol. The number of aromatic nitrogens is 1. The van der Waals surface area contributed by atoms with Gasteiger partial charge in [0.2, 0.25) is 5.91 Å². The lowest BCUT2D eigenvalue weighted by Gasteiger charge is -2.36. The van der Waals surface area contributed by atoms with Crippen molar-refractivity contribution in [2.75, 3.05) is 11.1 Å². The second-order valence-corrected chi connectivity index (χ2v) is 13.7. The third-order valence-electron chi connectivity index (χ3n) is 8.92. The van der Waals surface area contributed by atoms with E-state index in [-0.39, 0.29) is 37.6 Å². The maximum Gasteiger partial charge on any atom is 0.277 e.